The normalized spacial score (nSPS) is 17.6. The van der Waals surface area contributed by atoms with Gasteiger partial charge in [-0.15, -0.1) is 10.2 Å². The number of nitrogens with one attached hydrogen (secondary N) is 1. The quantitative estimate of drug-likeness (QED) is 0.905. The van der Waals surface area contributed by atoms with Crippen molar-refractivity contribution in [3.63, 3.8) is 0 Å². The van der Waals surface area contributed by atoms with Crippen molar-refractivity contribution in [1.82, 2.24) is 10.2 Å². The molecule has 0 radical (unpaired) electrons. The molecular weight excluding hydrogens is 322 g/mol. The second-order valence-electron chi connectivity index (χ2n) is 5.12. The molecule has 1 saturated heterocycles. The SMILES string of the molecule is O=C(CCc1ccc(Cl)cc1)Nc1nnc(C2CCCO2)s1. The molecule has 1 N–H and O–H groups in total. The lowest BCUT2D eigenvalue weighted by molar-refractivity contribution is -0.116. The smallest absolute Gasteiger partial charge is 0.226 e. The first-order valence-electron chi connectivity index (χ1n) is 7.20. The summed E-state index contributed by atoms with van der Waals surface area (Å²) in [4.78, 5) is 12.0. The number of nitrogens with zero attached hydrogens (tertiary/aromatic N) is 2. The number of aromatic nitrogens is 2. The van der Waals surface area contributed by atoms with Gasteiger partial charge in [-0.05, 0) is 37.0 Å². The van der Waals surface area contributed by atoms with Crippen molar-refractivity contribution in [3.8, 4) is 0 Å². The fourth-order valence-corrected chi connectivity index (χ4v) is 3.25. The lowest BCUT2D eigenvalue weighted by atomic mass is 10.1. The fraction of sp³-hybridized carbons (Fsp3) is 0.400. The van der Waals surface area contributed by atoms with Crippen LogP contribution in [0.3, 0.4) is 0 Å². The number of amides is 1. The van der Waals surface area contributed by atoms with Gasteiger partial charge in [0.2, 0.25) is 11.0 Å². The summed E-state index contributed by atoms with van der Waals surface area (Å²) in [5.41, 5.74) is 1.08. The minimum atomic E-state index is -0.0648. The molecule has 1 amide bonds. The van der Waals surface area contributed by atoms with Crippen LogP contribution in [-0.4, -0.2) is 22.7 Å². The molecule has 0 aliphatic carbocycles. The van der Waals surface area contributed by atoms with Crippen LogP contribution in [0.2, 0.25) is 5.02 Å². The van der Waals surface area contributed by atoms with Gasteiger partial charge in [0, 0.05) is 18.1 Å². The minimum absolute atomic E-state index is 0.0391. The zero-order valence-corrected chi connectivity index (χ0v) is 13.5. The molecular formula is C15H16ClN3O2S. The van der Waals surface area contributed by atoms with Crippen LogP contribution in [0.4, 0.5) is 5.13 Å². The van der Waals surface area contributed by atoms with E-state index in [0.717, 1.165) is 30.0 Å². The Hall–Kier alpha value is -1.50. The summed E-state index contributed by atoms with van der Waals surface area (Å²) in [5.74, 6) is -0.0648. The largest absolute Gasteiger partial charge is 0.371 e. The van der Waals surface area contributed by atoms with Gasteiger partial charge in [0.15, 0.2) is 0 Å². The summed E-state index contributed by atoms with van der Waals surface area (Å²) in [7, 11) is 0. The standard InChI is InChI=1S/C15H16ClN3O2S/c16-11-6-3-10(4-7-11)5-8-13(20)17-15-19-18-14(22-15)12-2-1-9-21-12/h3-4,6-7,12H,1-2,5,8-9H2,(H,17,19,20). The predicted molar refractivity (Wildman–Crippen MR) is 86.2 cm³/mol. The highest BCUT2D eigenvalue weighted by atomic mass is 35.5. The van der Waals surface area contributed by atoms with Crippen molar-refractivity contribution in [3.05, 3.63) is 39.9 Å². The van der Waals surface area contributed by atoms with Crippen molar-refractivity contribution >= 4 is 34.0 Å². The molecule has 2 heterocycles. The van der Waals surface area contributed by atoms with Crippen LogP contribution in [0.5, 0.6) is 0 Å². The molecule has 2 aromatic rings. The summed E-state index contributed by atoms with van der Waals surface area (Å²) in [6.45, 7) is 0.771. The van der Waals surface area contributed by atoms with Crippen LogP contribution in [0.1, 0.15) is 35.9 Å². The Morgan fingerprint density at radius 1 is 1.36 bits per heavy atom. The van der Waals surface area contributed by atoms with Gasteiger partial charge in [-0.2, -0.15) is 0 Å². The Bertz CT molecular complexity index is 638. The average molecular weight is 338 g/mol. The number of aryl methyl sites for hydroxylation is 1. The van der Waals surface area contributed by atoms with Gasteiger partial charge in [0.1, 0.15) is 11.1 Å². The number of carbonyl (C=O) groups is 1. The highest BCUT2D eigenvalue weighted by Gasteiger charge is 2.22. The van der Waals surface area contributed by atoms with Crippen LogP contribution in [0.25, 0.3) is 0 Å². The van der Waals surface area contributed by atoms with Crippen LogP contribution in [0.15, 0.2) is 24.3 Å². The third kappa shape index (κ3) is 4.03. The summed E-state index contributed by atoms with van der Waals surface area (Å²) >= 11 is 7.22. The molecule has 0 bridgehead atoms. The van der Waals surface area contributed by atoms with Gasteiger partial charge in [-0.25, -0.2) is 0 Å². The first kappa shape index (κ1) is 15.4. The molecule has 0 saturated carbocycles. The number of carbonyl (C=O) groups excluding carboxylic acids is 1. The molecule has 1 fully saturated rings. The molecule has 3 rings (SSSR count). The number of benzene rings is 1. The van der Waals surface area contributed by atoms with Crippen LogP contribution in [-0.2, 0) is 16.0 Å². The van der Waals surface area contributed by atoms with E-state index in [4.69, 9.17) is 16.3 Å². The van der Waals surface area contributed by atoms with E-state index in [1.54, 1.807) is 0 Å². The number of anilines is 1. The highest BCUT2D eigenvalue weighted by molar-refractivity contribution is 7.15. The van der Waals surface area contributed by atoms with E-state index in [-0.39, 0.29) is 12.0 Å². The summed E-state index contributed by atoms with van der Waals surface area (Å²) < 4.78 is 5.56. The number of hydrogen-bond acceptors (Lipinski definition) is 5. The van der Waals surface area contributed by atoms with Gasteiger partial charge in [-0.1, -0.05) is 35.1 Å². The molecule has 1 aliphatic heterocycles. The zero-order valence-electron chi connectivity index (χ0n) is 11.9. The molecule has 5 nitrogen and oxygen atoms in total. The second-order valence-corrected chi connectivity index (χ2v) is 6.57. The van der Waals surface area contributed by atoms with E-state index in [2.05, 4.69) is 15.5 Å². The van der Waals surface area contributed by atoms with E-state index in [0.29, 0.717) is 23.0 Å². The minimum Gasteiger partial charge on any atom is -0.371 e. The molecule has 1 aliphatic rings. The van der Waals surface area contributed by atoms with E-state index >= 15 is 0 Å². The maximum Gasteiger partial charge on any atom is 0.226 e. The first-order chi connectivity index (χ1) is 10.7. The van der Waals surface area contributed by atoms with Gasteiger partial charge in [-0.3, -0.25) is 4.79 Å². The molecule has 1 aromatic carbocycles. The molecule has 1 atom stereocenters. The maximum atomic E-state index is 12.0. The Labute approximate surface area is 137 Å². The molecule has 1 unspecified atom stereocenters. The summed E-state index contributed by atoms with van der Waals surface area (Å²) in [6, 6.07) is 7.51. The number of rotatable bonds is 5. The predicted octanol–water partition coefficient (Wildman–Crippen LogP) is 3.61. The summed E-state index contributed by atoms with van der Waals surface area (Å²) in [5, 5.41) is 13.0. The van der Waals surface area contributed by atoms with Crippen LogP contribution >= 0.6 is 22.9 Å². The van der Waals surface area contributed by atoms with E-state index < -0.39 is 0 Å². The molecule has 22 heavy (non-hydrogen) atoms. The fourth-order valence-electron chi connectivity index (χ4n) is 2.28. The van der Waals surface area contributed by atoms with Crippen molar-refractivity contribution < 1.29 is 9.53 Å². The number of halogens is 1. The van der Waals surface area contributed by atoms with E-state index in [1.165, 1.54) is 11.3 Å². The molecule has 116 valence electrons. The topological polar surface area (TPSA) is 64.1 Å². The third-order valence-electron chi connectivity index (χ3n) is 3.45. The second kappa shape index (κ2) is 7.17. The van der Waals surface area contributed by atoms with Crippen molar-refractivity contribution in [2.24, 2.45) is 0 Å². The number of ether oxygens (including phenoxy) is 1. The van der Waals surface area contributed by atoms with E-state index in [1.807, 2.05) is 24.3 Å². The lowest BCUT2D eigenvalue weighted by Gasteiger charge is -2.03. The Morgan fingerprint density at radius 2 is 2.18 bits per heavy atom. The Morgan fingerprint density at radius 3 is 2.91 bits per heavy atom. The Balaban J connectivity index is 1.50. The molecule has 1 aromatic heterocycles. The van der Waals surface area contributed by atoms with Crippen LogP contribution in [0, 0.1) is 0 Å². The van der Waals surface area contributed by atoms with Crippen LogP contribution < -0.4 is 5.32 Å². The van der Waals surface area contributed by atoms with Crippen molar-refractivity contribution in [2.45, 2.75) is 31.8 Å². The van der Waals surface area contributed by atoms with Gasteiger partial charge >= 0.3 is 0 Å². The highest BCUT2D eigenvalue weighted by Crippen LogP contribution is 2.31. The van der Waals surface area contributed by atoms with Gasteiger partial charge in [0.05, 0.1) is 0 Å². The summed E-state index contributed by atoms with van der Waals surface area (Å²) in [6.07, 6.45) is 3.13. The van der Waals surface area contributed by atoms with Gasteiger partial charge < -0.3 is 10.1 Å². The third-order valence-corrected chi connectivity index (χ3v) is 4.63. The molecule has 7 heteroatoms. The Kier molecular flexibility index (Phi) is 5.02. The number of hydrogen-bond donors (Lipinski definition) is 1. The van der Waals surface area contributed by atoms with Crippen molar-refractivity contribution in [2.75, 3.05) is 11.9 Å². The van der Waals surface area contributed by atoms with Gasteiger partial charge in [0.25, 0.3) is 0 Å². The monoisotopic (exact) mass is 337 g/mol. The zero-order chi connectivity index (χ0) is 15.4. The average Bonchev–Trinajstić information content (AvgIpc) is 3.17. The molecule has 0 spiro atoms. The first-order valence-corrected chi connectivity index (χ1v) is 8.39. The lowest BCUT2D eigenvalue weighted by Crippen LogP contribution is -2.12. The van der Waals surface area contributed by atoms with Crippen molar-refractivity contribution in [1.29, 1.82) is 0 Å². The maximum absolute atomic E-state index is 12.0. The van der Waals surface area contributed by atoms with E-state index in [9.17, 15) is 4.79 Å².